The molecule has 1 aromatic carbocycles. The highest BCUT2D eigenvalue weighted by atomic mass is 32.2. The molecule has 0 heterocycles. The van der Waals surface area contributed by atoms with E-state index in [1.807, 2.05) is 30.3 Å². The number of ether oxygens (including phenoxy) is 1. The van der Waals surface area contributed by atoms with Gasteiger partial charge in [-0.15, -0.1) is 11.8 Å². The van der Waals surface area contributed by atoms with Crippen LogP contribution in [0.4, 0.5) is 0 Å². The number of rotatable bonds is 6. The molecular formula is C10H14O2S. The molecule has 1 aromatic rings. The molecule has 0 aliphatic carbocycles. The van der Waals surface area contributed by atoms with Crippen LogP contribution in [0.3, 0.4) is 0 Å². The molecule has 1 N–H and O–H groups in total. The Hall–Kier alpha value is -0.510. The minimum atomic E-state index is 0.222. The first-order valence-corrected chi connectivity index (χ1v) is 5.39. The molecule has 13 heavy (non-hydrogen) atoms. The van der Waals surface area contributed by atoms with Crippen molar-refractivity contribution in [1.29, 1.82) is 0 Å². The van der Waals surface area contributed by atoms with E-state index < -0.39 is 0 Å². The molecule has 1 rings (SSSR count). The van der Waals surface area contributed by atoms with Crippen LogP contribution in [0, 0.1) is 0 Å². The van der Waals surface area contributed by atoms with Gasteiger partial charge in [0.2, 0.25) is 0 Å². The molecule has 0 aromatic heterocycles. The third-order valence-electron chi connectivity index (χ3n) is 1.51. The number of thioether (sulfide) groups is 1. The van der Waals surface area contributed by atoms with Gasteiger partial charge in [0.05, 0.1) is 19.2 Å². The van der Waals surface area contributed by atoms with Crippen LogP contribution in [0.15, 0.2) is 30.3 Å². The van der Waals surface area contributed by atoms with Gasteiger partial charge in [-0.3, -0.25) is 0 Å². The molecule has 0 spiro atoms. The summed E-state index contributed by atoms with van der Waals surface area (Å²) in [7, 11) is 0. The minimum Gasteiger partial charge on any atom is -0.396 e. The molecule has 2 nitrogen and oxygen atoms in total. The summed E-state index contributed by atoms with van der Waals surface area (Å²) in [4.78, 5) is 0. The number of hydrogen-bond acceptors (Lipinski definition) is 3. The molecule has 0 bridgehead atoms. The Bertz CT molecular complexity index is 213. The van der Waals surface area contributed by atoms with E-state index in [-0.39, 0.29) is 6.61 Å². The molecule has 0 aliphatic rings. The zero-order valence-corrected chi connectivity index (χ0v) is 8.30. The second-order valence-corrected chi connectivity index (χ2v) is 3.64. The number of aliphatic hydroxyl groups excluding tert-OH is 1. The van der Waals surface area contributed by atoms with Crippen molar-refractivity contribution in [2.75, 3.05) is 18.3 Å². The van der Waals surface area contributed by atoms with Gasteiger partial charge in [-0.05, 0) is 5.56 Å². The number of benzene rings is 1. The van der Waals surface area contributed by atoms with E-state index in [9.17, 15) is 0 Å². The van der Waals surface area contributed by atoms with Crippen molar-refractivity contribution in [3.8, 4) is 0 Å². The second-order valence-electron chi connectivity index (χ2n) is 2.58. The van der Waals surface area contributed by atoms with Crippen LogP contribution in [0.25, 0.3) is 0 Å². The zero-order valence-electron chi connectivity index (χ0n) is 7.48. The Labute approximate surface area is 82.9 Å². The van der Waals surface area contributed by atoms with Gasteiger partial charge < -0.3 is 9.84 Å². The summed E-state index contributed by atoms with van der Waals surface area (Å²) in [6.45, 7) is 0.874. The third-order valence-corrected chi connectivity index (χ3v) is 2.32. The van der Waals surface area contributed by atoms with Crippen molar-refractivity contribution >= 4 is 11.8 Å². The van der Waals surface area contributed by atoms with Crippen molar-refractivity contribution in [3.63, 3.8) is 0 Å². The number of aliphatic hydroxyl groups is 1. The van der Waals surface area contributed by atoms with Gasteiger partial charge in [0.15, 0.2) is 0 Å². The molecule has 0 radical (unpaired) electrons. The van der Waals surface area contributed by atoms with Crippen LogP contribution in [0.5, 0.6) is 0 Å². The number of hydrogen-bond donors (Lipinski definition) is 1. The van der Waals surface area contributed by atoms with Gasteiger partial charge in [0, 0.05) is 5.75 Å². The van der Waals surface area contributed by atoms with Crippen molar-refractivity contribution < 1.29 is 9.84 Å². The first kappa shape index (κ1) is 10.6. The molecular weight excluding hydrogens is 184 g/mol. The molecule has 0 saturated carbocycles. The highest BCUT2D eigenvalue weighted by Crippen LogP contribution is 2.04. The summed E-state index contributed by atoms with van der Waals surface area (Å²) < 4.78 is 5.37. The van der Waals surface area contributed by atoms with E-state index in [1.54, 1.807) is 11.8 Å². The molecule has 3 heteroatoms. The third kappa shape index (κ3) is 4.93. The largest absolute Gasteiger partial charge is 0.396 e. The van der Waals surface area contributed by atoms with Crippen molar-refractivity contribution in [2.24, 2.45) is 0 Å². The molecule has 0 aliphatic heterocycles. The average Bonchev–Trinajstić information content (AvgIpc) is 2.19. The van der Waals surface area contributed by atoms with E-state index in [2.05, 4.69) is 0 Å². The molecule has 0 amide bonds. The second kappa shape index (κ2) is 6.95. The summed E-state index contributed by atoms with van der Waals surface area (Å²) in [5.41, 5.74) is 1.19. The lowest BCUT2D eigenvalue weighted by atomic mass is 10.2. The monoisotopic (exact) mass is 198 g/mol. The van der Waals surface area contributed by atoms with Crippen LogP contribution >= 0.6 is 11.8 Å². The summed E-state index contributed by atoms with van der Waals surface area (Å²) in [5, 5.41) is 8.51. The zero-order chi connectivity index (χ0) is 9.36. The molecule has 0 saturated heterocycles. The standard InChI is InChI=1S/C10H14O2S/c11-6-7-13-9-12-8-10-4-2-1-3-5-10/h1-5,11H,6-9H2. The molecule has 0 unspecified atom stereocenters. The van der Waals surface area contributed by atoms with Crippen LogP contribution in [-0.2, 0) is 11.3 Å². The van der Waals surface area contributed by atoms with E-state index in [1.165, 1.54) is 5.56 Å². The normalized spacial score (nSPS) is 10.2. The summed E-state index contributed by atoms with van der Waals surface area (Å²) in [6.07, 6.45) is 0. The lowest BCUT2D eigenvalue weighted by molar-refractivity contribution is 0.169. The summed E-state index contributed by atoms with van der Waals surface area (Å²) in [6, 6.07) is 10.1. The first-order valence-electron chi connectivity index (χ1n) is 4.24. The quantitative estimate of drug-likeness (QED) is 0.559. The van der Waals surface area contributed by atoms with Crippen LogP contribution in [0.1, 0.15) is 5.56 Å². The maximum absolute atomic E-state index is 8.51. The van der Waals surface area contributed by atoms with Crippen LogP contribution < -0.4 is 0 Å². The van der Waals surface area contributed by atoms with Gasteiger partial charge in [0.25, 0.3) is 0 Å². The van der Waals surface area contributed by atoms with Gasteiger partial charge in [-0.25, -0.2) is 0 Å². The summed E-state index contributed by atoms with van der Waals surface area (Å²) >= 11 is 1.60. The Kier molecular flexibility index (Phi) is 5.65. The summed E-state index contributed by atoms with van der Waals surface area (Å²) in [5.74, 6) is 1.39. The SMILES string of the molecule is OCCSCOCc1ccccc1. The lowest BCUT2D eigenvalue weighted by Crippen LogP contribution is -1.94. The van der Waals surface area contributed by atoms with Gasteiger partial charge in [-0.2, -0.15) is 0 Å². The fourth-order valence-corrected chi connectivity index (χ4v) is 1.36. The predicted octanol–water partition coefficient (Wildman–Crippen LogP) is 1.89. The Morgan fingerprint density at radius 3 is 2.69 bits per heavy atom. The highest BCUT2D eigenvalue weighted by Gasteiger charge is 1.91. The maximum Gasteiger partial charge on any atom is 0.0926 e. The first-order chi connectivity index (χ1) is 6.43. The smallest absolute Gasteiger partial charge is 0.0926 e. The Morgan fingerprint density at radius 1 is 1.23 bits per heavy atom. The van der Waals surface area contributed by atoms with Crippen molar-refractivity contribution in [1.82, 2.24) is 0 Å². The molecule has 0 atom stereocenters. The van der Waals surface area contributed by atoms with Crippen molar-refractivity contribution in [3.05, 3.63) is 35.9 Å². The van der Waals surface area contributed by atoms with Gasteiger partial charge in [-0.1, -0.05) is 30.3 Å². The topological polar surface area (TPSA) is 29.5 Å². The highest BCUT2D eigenvalue weighted by molar-refractivity contribution is 7.99. The fraction of sp³-hybridized carbons (Fsp3) is 0.400. The van der Waals surface area contributed by atoms with E-state index in [0.29, 0.717) is 12.5 Å². The molecule has 72 valence electrons. The van der Waals surface area contributed by atoms with Crippen LogP contribution in [-0.4, -0.2) is 23.4 Å². The minimum absolute atomic E-state index is 0.222. The van der Waals surface area contributed by atoms with Crippen LogP contribution in [0.2, 0.25) is 0 Å². The van der Waals surface area contributed by atoms with E-state index in [0.717, 1.165) is 5.75 Å². The average molecular weight is 198 g/mol. The van der Waals surface area contributed by atoms with E-state index >= 15 is 0 Å². The fourth-order valence-electron chi connectivity index (χ4n) is 0.916. The molecule has 0 fully saturated rings. The lowest BCUT2D eigenvalue weighted by Gasteiger charge is -2.02. The Balaban J connectivity index is 2.07. The predicted molar refractivity (Wildman–Crippen MR) is 55.6 cm³/mol. The van der Waals surface area contributed by atoms with Gasteiger partial charge in [0.1, 0.15) is 0 Å². The van der Waals surface area contributed by atoms with Crippen molar-refractivity contribution in [2.45, 2.75) is 6.61 Å². The Morgan fingerprint density at radius 2 is 2.00 bits per heavy atom. The maximum atomic E-state index is 8.51. The van der Waals surface area contributed by atoms with Gasteiger partial charge >= 0.3 is 0 Å². The van der Waals surface area contributed by atoms with E-state index in [4.69, 9.17) is 9.84 Å².